The van der Waals surface area contributed by atoms with Gasteiger partial charge in [-0.15, -0.1) is 12.4 Å². The Bertz CT molecular complexity index is 613. The van der Waals surface area contributed by atoms with Crippen molar-refractivity contribution in [3.63, 3.8) is 0 Å². The summed E-state index contributed by atoms with van der Waals surface area (Å²) in [4.78, 5) is 14.7. The van der Waals surface area contributed by atoms with E-state index in [0.29, 0.717) is 6.54 Å². The molecule has 1 saturated carbocycles. The van der Waals surface area contributed by atoms with Crippen molar-refractivity contribution in [1.29, 1.82) is 0 Å². The van der Waals surface area contributed by atoms with Crippen LogP contribution in [0.25, 0.3) is 0 Å². The van der Waals surface area contributed by atoms with Crippen LogP contribution < -0.4 is 0 Å². The molecule has 0 radical (unpaired) electrons. The largest absolute Gasteiger partial charge is 0.451 e. The predicted octanol–water partition coefficient (Wildman–Crippen LogP) is 3.56. The van der Waals surface area contributed by atoms with Gasteiger partial charge in [0, 0.05) is 5.41 Å². The molecule has 1 N–H and O–H groups in total. The molecule has 1 aliphatic rings. The molecule has 27 heavy (non-hydrogen) atoms. The van der Waals surface area contributed by atoms with E-state index >= 15 is 0 Å². The lowest BCUT2D eigenvalue weighted by Gasteiger charge is -2.40. The van der Waals surface area contributed by atoms with Crippen LogP contribution in [0.3, 0.4) is 0 Å². The molecule has 0 spiro atoms. The molecule has 4 nitrogen and oxygen atoms in total. The first-order chi connectivity index (χ1) is 12.6. The van der Waals surface area contributed by atoms with Crippen LogP contribution in [0.1, 0.15) is 51.5 Å². The first-order valence-electron chi connectivity index (χ1n) is 9.72. The van der Waals surface area contributed by atoms with E-state index in [0.717, 1.165) is 50.8 Å². The van der Waals surface area contributed by atoms with Crippen LogP contribution >= 0.6 is 12.4 Å². The number of hydrogen-bond acceptors (Lipinski definition) is 4. The van der Waals surface area contributed by atoms with Gasteiger partial charge in [-0.3, -0.25) is 4.90 Å². The molecule has 0 bridgehead atoms. The van der Waals surface area contributed by atoms with Crippen molar-refractivity contribution in [3.05, 3.63) is 35.9 Å². The maximum absolute atomic E-state index is 12.5. The van der Waals surface area contributed by atoms with Gasteiger partial charge in [-0.2, -0.15) is 0 Å². The summed E-state index contributed by atoms with van der Waals surface area (Å²) in [6, 6.07) is 9.89. The molecule has 1 aromatic rings. The molecule has 1 aromatic carbocycles. The fourth-order valence-electron chi connectivity index (χ4n) is 3.75. The quantitative estimate of drug-likeness (QED) is 0.568. The van der Waals surface area contributed by atoms with Crippen LogP contribution in [0.2, 0.25) is 0 Å². The molecule has 1 unspecified atom stereocenters. The Hall–Kier alpha value is -1.54. The highest BCUT2D eigenvalue weighted by Gasteiger charge is 2.44. The number of aliphatic hydroxyl groups is 1. The molecule has 5 heteroatoms. The maximum atomic E-state index is 12.5. The van der Waals surface area contributed by atoms with E-state index in [1.165, 1.54) is 0 Å². The number of carbonyl (C=O) groups is 1. The molecule has 0 heterocycles. The smallest absolute Gasteiger partial charge is 0.336 e. The minimum atomic E-state index is -1.14. The molecule has 1 atom stereocenters. The van der Waals surface area contributed by atoms with Crippen molar-refractivity contribution in [2.45, 2.75) is 57.5 Å². The Morgan fingerprint density at radius 1 is 1.15 bits per heavy atom. The Morgan fingerprint density at radius 2 is 1.78 bits per heavy atom. The normalized spacial score (nSPS) is 16.6. The minimum absolute atomic E-state index is 0. The molecule has 2 rings (SSSR count). The first kappa shape index (κ1) is 23.5. The van der Waals surface area contributed by atoms with Gasteiger partial charge in [0.1, 0.15) is 0 Å². The van der Waals surface area contributed by atoms with Crippen LogP contribution in [-0.4, -0.2) is 48.3 Å². The van der Waals surface area contributed by atoms with E-state index in [2.05, 4.69) is 30.6 Å². The summed E-state index contributed by atoms with van der Waals surface area (Å²) >= 11 is 0. The zero-order valence-electron chi connectivity index (χ0n) is 16.4. The van der Waals surface area contributed by atoms with Gasteiger partial charge in [0.05, 0.1) is 6.54 Å². The van der Waals surface area contributed by atoms with Crippen LogP contribution in [0.15, 0.2) is 30.3 Å². The predicted molar refractivity (Wildman–Crippen MR) is 111 cm³/mol. The molecular weight excluding hydrogens is 362 g/mol. The van der Waals surface area contributed by atoms with Gasteiger partial charge in [-0.1, -0.05) is 75.3 Å². The zero-order chi connectivity index (χ0) is 18.8. The number of nitrogens with zero attached hydrogens (tertiary/aromatic N) is 1. The second-order valence-corrected chi connectivity index (χ2v) is 6.91. The highest BCUT2D eigenvalue weighted by atomic mass is 35.5. The standard InChI is InChI=1S/C22H31NO3.ClH/c1-3-23(4-2)17-11-12-18-26-21(25)20(24)22(15-9-6-10-16-22)19-13-7-5-8-14-19;/h5,7-8,13-14,20,24H,3-4,6,9-10,15-18H2,1-2H3;1H. The number of carbonyl (C=O) groups excluding carboxylic acids is 1. The number of hydrogen-bond donors (Lipinski definition) is 1. The third-order valence-corrected chi connectivity index (χ3v) is 5.45. The third kappa shape index (κ3) is 6.24. The van der Waals surface area contributed by atoms with Crippen LogP contribution in [0.4, 0.5) is 0 Å². The highest BCUT2D eigenvalue weighted by Crippen LogP contribution is 2.42. The average Bonchev–Trinajstić information content (AvgIpc) is 2.71. The Morgan fingerprint density at radius 3 is 2.37 bits per heavy atom. The number of aliphatic hydroxyl groups excluding tert-OH is 1. The molecule has 0 saturated heterocycles. The van der Waals surface area contributed by atoms with Gasteiger partial charge in [-0.05, 0) is 31.5 Å². The topological polar surface area (TPSA) is 49.8 Å². The SMILES string of the molecule is CCN(CC)CC#CCOC(=O)C(O)C1(c2ccccc2)CCCCC1.Cl. The molecule has 0 aliphatic heterocycles. The number of benzene rings is 1. The number of halogens is 1. The van der Waals surface area contributed by atoms with Crippen molar-refractivity contribution in [1.82, 2.24) is 4.90 Å². The maximum Gasteiger partial charge on any atom is 0.336 e. The van der Waals surface area contributed by atoms with Crippen LogP contribution in [-0.2, 0) is 14.9 Å². The van der Waals surface area contributed by atoms with Crippen molar-refractivity contribution in [2.75, 3.05) is 26.2 Å². The van der Waals surface area contributed by atoms with Crippen molar-refractivity contribution in [3.8, 4) is 11.8 Å². The van der Waals surface area contributed by atoms with E-state index in [-0.39, 0.29) is 19.0 Å². The van der Waals surface area contributed by atoms with Crippen LogP contribution in [0.5, 0.6) is 0 Å². The van der Waals surface area contributed by atoms with Gasteiger partial charge < -0.3 is 9.84 Å². The molecule has 150 valence electrons. The monoisotopic (exact) mass is 393 g/mol. The summed E-state index contributed by atoms with van der Waals surface area (Å²) in [6.07, 6.45) is 3.65. The molecule has 0 aromatic heterocycles. The van der Waals surface area contributed by atoms with E-state index < -0.39 is 17.5 Å². The van der Waals surface area contributed by atoms with Crippen molar-refractivity contribution >= 4 is 18.4 Å². The first-order valence-corrected chi connectivity index (χ1v) is 9.72. The minimum Gasteiger partial charge on any atom is -0.451 e. The number of esters is 1. The summed E-state index contributed by atoms with van der Waals surface area (Å²) in [5, 5.41) is 10.8. The number of ether oxygens (including phenoxy) is 1. The molecule has 1 aliphatic carbocycles. The van der Waals surface area contributed by atoms with Crippen LogP contribution in [0, 0.1) is 11.8 Å². The van der Waals surface area contributed by atoms with Gasteiger partial charge in [0.25, 0.3) is 0 Å². The fourth-order valence-corrected chi connectivity index (χ4v) is 3.75. The van der Waals surface area contributed by atoms with E-state index in [1.807, 2.05) is 30.3 Å². The fraction of sp³-hybridized carbons (Fsp3) is 0.591. The van der Waals surface area contributed by atoms with Crippen molar-refractivity contribution in [2.24, 2.45) is 0 Å². The Labute approximate surface area is 169 Å². The summed E-state index contributed by atoms with van der Waals surface area (Å²) in [5.41, 5.74) is 0.488. The summed E-state index contributed by atoms with van der Waals surface area (Å²) in [6.45, 7) is 6.78. The van der Waals surface area contributed by atoms with Gasteiger partial charge in [0.15, 0.2) is 12.7 Å². The lowest BCUT2D eigenvalue weighted by atomic mass is 9.66. The Balaban J connectivity index is 0.00000364. The third-order valence-electron chi connectivity index (χ3n) is 5.45. The molecule has 1 fully saturated rings. The molecule has 0 amide bonds. The Kier molecular flexibility index (Phi) is 10.5. The zero-order valence-corrected chi connectivity index (χ0v) is 17.3. The highest BCUT2D eigenvalue weighted by molar-refractivity contribution is 5.85. The lowest BCUT2D eigenvalue weighted by molar-refractivity contribution is -0.157. The second-order valence-electron chi connectivity index (χ2n) is 6.91. The van der Waals surface area contributed by atoms with Gasteiger partial charge in [-0.25, -0.2) is 4.79 Å². The van der Waals surface area contributed by atoms with Gasteiger partial charge in [0.2, 0.25) is 0 Å². The second kappa shape index (κ2) is 12.0. The summed E-state index contributed by atoms with van der Waals surface area (Å²) in [5.74, 6) is 5.34. The molecular formula is C22H32ClNO3. The number of rotatable bonds is 7. The average molecular weight is 394 g/mol. The van der Waals surface area contributed by atoms with Gasteiger partial charge >= 0.3 is 5.97 Å². The van der Waals surface area contributed by atoms with E-state index in [9.17, 15) is 9.90 Å². The lowest BCUT2D eigenvalue weighted by Crippen LogP contribution is -2.46. The summed E-state index contributed by atoms with van der Waals surface area (Å²) < 4.78 is 5.27. The van der Waals surface area contributed by atoms with Crippen molar-refractivity contribution < 1.29 is 14.6 Å². The summed E-state index contributed by atoms with van der Waals surface area (Å²) in [7, 11) is 0. The van der Waals surface area contributed by atoms with E-state index in [4.69, 9.17) is 4.74 Å². The van der Waals surface area contributed by atoms with E-state index in [1.54, 1.807) is 0 Å².